The third kappa shape index (κ3) is 4.79. The van der Waals surface area contributed by atoms with Gasteiger partial charge in [0.25, 0.3) is 0 Å². The highest BCUT2D eigenvalue weighted by molar-refractivity contribution is 5.81. The Morgan fingerprint density at radius 2 is 1.91 bits per heavy atom. The highest BCUT2D eigenvalue weighted by Crippen LogP contribution is 1.92. The minimum atomic E-state index is 0.803. The van der Waals surface area contributed by atoms with Gasteiger partial charge in [-0.15, -0.1) is 0 Å². The summed E-state index contributed by atoms with van der Waals surface area (Å²) in [5.41, 5.74) is 0.803. The Hall–Kier alpha value is -0.570. The molecule has 0 amide bonds. The molecule has 0 aromatic heterocycles. The molecule has 0 bridgehead atoms. The number of oxime groups is 1. The van der Waals surface area contributed by atoms with Gasteiger partial charge in [-0.05, 0) is 20.0 Å². The molecule has 0 heterocycles. The zero-order chi connectivity index (χ0) is 8.69. The maximum Gasteiger partial charge on any atom is 0.0552 e. The second-order valence-corrected chi connectivity index (χ2v) is 2.61. The molecule has 0 atom stereocenters. The summed E-state index contributed by atoms with van der Waals surface area (Å²) in [7, 11) is 0. The van der Waals surface area contributed by atoms with E-state index < -0.39 is 0 Å². The number of hydrogen-bond acceptors (Lipinski definition) is 3. The fourth-order valence-corrected chi connectivity index (χ4v) is 0.910. The van der Waals surface area contributed by atoms with Crippen LogP contribution in [0.1, 0.15) is 27.2 Å². The van der Waals surface area contributed by atoms with Crippen molar-refractivity contribution in [3.63, 3.8) is 0 Å². The molecule has 0 rings (SSSR count). The maximum absolute atomic E-state index is 8.36. The molecular formula is C8H18N2O. The lowest BCUT2D eigenvalue weighted by Crippen LogP contribution is -2.25. The van der Waals surface area contributed by atoms with Gasteiger partial charge in [-0.1, -0.05) is 19.0 Å². The maximum atomic E-state index is 8.36. The van der Waals surface area contributed by atoms with Crippen LogP contribution in [0.25, 0.3) is 0 Å². The zero-order valence-electron chi connectivity index (χ0n) is 7.67. The van der Waals surface area contributed by atoms with E-state index in [2.05, 4.69) is 23.9 Å². The van der Waals surface area contributed by atoms with E-state index in [1.165, 1.54) is 0 Å². The van der Waals surface area contributed by atoms with Crippen LogP contribution in [0.2, 0.25) is 0 Å². The van der Waals surface area contributed by atoms with E-state index in [4.69, 9.17) is 5.21 Å². The first-order valence-electron chi connectivity index (χ1n) is 4.14. The molecule has 0 fully saturated rings. The molecule has 0 unspecified atom stereocenters. The third-order valence-electron chi connectivity index (χ3n) is 1.85. The molecule has 11 heavy (non-hydrogen) atoms. The third-order valence-corrected chi connectivity index (χ3v) is 1.85. The monoisotopic (exact) mass is 158 g/mol. The molecule has 0 radical (unpaired) electrons. The van der Waals surface area contributed by atoms with Crippen molar-refractivity contribution < 1.29 is 5.21 Å². The number of hydrogen-bond donors (Lipinski definition) is 1. The van der Waals surface area contributed by atoms with Gasteiger partial charge in [-0.2, -0.15) is 0 Å². The molecular weight excluding hydrogens is 140 g/mol. The van der Waals surface area contributed by atoms with E-state index >= 15 is 0 Å². The predicted molar refractivity (Wildman–Crippen MR) is 47.3 cm³/mol. The van der Waals surface area contributed by atoms with Crippen molar-refractivity contribution >= 4 is 5.71 Å². The quantitative estimate of drug-likeness (QED) is 0.374. The smallest absolute Gasteiger partial charge is 0.0552 e. The van der Waals surface area contributed by atoms with Gasteiger partial charge in [-0.25, -0.2) is 0 Å². The van der Waals surface area contributed by atoms with E-state index in [0.29, 0.717) is 0 Å². The van der Waals surface area contributed by atoms with Crippen molar-refractivity contribution in [1.82, 2.24) is 4.90 Å². The van der Waals surface area contributed by atoms with Crippen LogP contribution >= 0.6 is 0 Å². The number of nitrogens with zero attached hydrogens (tertiary/aromatic N) is 2. The first kappa shape index (κ1) is 10.4. The van der Waals surface area contributed by atoms with E-state index in [-0.39, 0.29) is 0 Å². The molecule has 3 nitrogen and oxygen atoms in total. The lowest BCUT2D eigenvalue weighted by Gasteiger charge is -2.16. The molecule has 0 saturated carbocycles. The minimum Gasteiger partial charge on any atom is -0.411 e. The highest BCUT2D eigenvalue weighted by atomic mass is 16.4. The second kappa shape index (κ2) is 6.16. The zero-order valence-corrected chi connectivity index (χ0v) is 7.67. The lowest BCUT2D eigenvalue weighted by molar-refractivity contribution is 0.301. The molecule has 0 aromatic rings. The van der Waals surface area contributed by atoms with Crippen molar-refractivity contribution in [2.45, 2.75) is 27.2 Å². The van der Waals surface area contributed by atoms with Crippen LogP contribution < -0.4 is 0 Å². The Morgan fingerprint density at radius 3 is 2.27 bits per heavy atom. The minimum absolute atomic E-state index is 0.803. The normalized spacial score (nSPS) is 12.5. The first-order chi connectivity index (χ1) is 5.24. The molecule has 3 heteroatoms. The van der Waals surface area contributed by atoms with Crippen LogP contribution in [0.15, 0.2) is 5.16 Å². The Labute approximate surface area is 68.7 Å². The van der Waals surface area contributed by atoms with Crippen molar-refractivity contribution in [2.75, 3.05) is 19.6 Å². The van der Waals surface area contributed by atoms with Crippen LogP contribution in [0.3, 0.4) is 0 Å². The molecule has 0 spiro atoms. The Morgan fingerprint density at radius 1 is 1.36 bits per heavy atom. The van der Waals surface area contributed by atoms with Gasteiger partial charge in [-0.3, -0.25) is 0 Å². The lowest BCUT2D eigenvalue weighted by atomic mass is 10.3. The van der Waals surface area contributed by atoms with E-state index in [1.54, 1.807) is 0 Å². The predicted octanol–water partition coefficient (Wildman–Crippen LogP) is 1.57. The topological polar surface area (TPSA) is 35.8 Å². The summed E-state index contributed by atoms with van der Waals surface area (Å²) >= 11 is 0. The van der Waals surface area contributed by atoms with E-state index in [0.717, 1.165) is 31.8 Å². The molecule has 0 aliphatic rings. The molecule has 0 aromatic carbocycles. The van der Waals surface area contributed by atoms with Crippen molar-refractivity contribution in [2.24, 2.45) is 5.16 Å². The summed E-state index contributed by atoms with van der Waals surface area (Å²) in [5, 5.41) is 11.5. The van der Waals surface area contributed by atoms with Gasteiger partial charge in [0, 0.05) is 13.0 Å². The summed E-state index contributed by atoms with van der Waals surface area (Å²) in [4.78, 5) is 2.30. The summed E-state index contributed by atoms with van der Waals surface area (Å²) in [5.74, 6) is 0. The summed E-state index contributed by atoms with van der Waals surface area (Å²) in [6.45, 7) is 9.22. The van der Waals surface area contributed by atoms with Gasteiger partial charge in [0.15, 0.2) is 0 Å². The molecule has 0 aliphatic carbocycles. The molecule has 66 valence electrons. The number of rotatable bonds is 5. The molecule has 0 saturated heterocycles. The molecule has 1 N–H and O–H groups in total. The van der Waals surface area contributed by atoms with Crippen molar-refractivity contribution in [3.05, 3.63) is 0 Å². The highest BCUT2D eigenvalue weighted by Gasteiger charge is 1.99. The van der Waals surface area contributed by atoms with Crippen LogP contribution in [0.5, 0.6) is 0 Å². The fraction of sp³-hybridized carbons (Fsp3) is 0.875. The second-order valence-electron chi connectivity index (χ2n) is 2.61. The van der Waals surface area contributed by atoms with Crippen molar-refractivity contribution in [1.29, 1.82) is 0 Å². The van der Waals surface area contributed by atoms with Crippen LogP contribution in [-0.4, -0.2) is 35.5 Å². The van der Waals surface area contributed by atoms with Gasteiger partial charge in [0.2, 0.25) is 0 Å². The van der Waals surface area contributed by atoms with Crippen LogP contribution in [-0.2, 0) is 0 Å². The fourth-order valence-electron chi connectivity index (χ4n) is 0.910. The largest absolute Gasteiger partial charge is 0.411 e. The Balaban J connectivity index is 3.50. The van der Waals surface area contributed by atoms with E-state index in [9.17, 15) is 0 Å². The van der Waals surface area contributed by atoms with Crippen LogP contribution in [0, 0.1) is 0 Å². The van der Waals surface area contributed by atoms with E-state index in [1.807, 2.05) is 6.92 Å². The van der Waals surface area contributed by atoms with Crippen LogP contribution in [0.4, 0.5) is 0 Å². The summed E-state index contributed by atoms with van der Waals surface area (Å²) in [6, 6.07) is 0. The first-order valence-corrected chi connectivity index (χ1v) is 4.14. The summed E-state index contributed by atoms with van der Waals surface area (Å²) in [6.07, 6.45) is 0.859. The average Bonchev–Trinajstić information content (AvgIpc) is 2.06. The van der Waals surface area contributed by atoms with Gasteiger partial charge in [0.05, 0.1) is 5.71 Å². The van der Waals surface area contributed by atoms with Gasteiger partial charge >= 0.3 is 0 Å². The molecule has 0 aliphatic heterocycles. The van der Waals surface area contributed by atoms with Gasteiger partial charge < -0.3 is 10.1 Å². The average molecular weight is 158 g/mol. The summed E-state index contributed by atoms with van der Waals surface area (Å²) < 4.78 is 0. The Bertz CT molecular complexity index is 119. The Kier molecular flexibility index (Phi) is 5.84. The SMILES string of the molecule is CCN(CC)CCC(C)=NO. The standard InChI is InChI=1S/C8H18N2O/c1-4-10(5-2)7-6-8(3)9-11/h11H,4-7H2,1-3H3. The van der Waals surface area contributed by atoms with Crippen molar-refractivity contribution in [3.8, 4) is 0 Å². The van der Waals surface area contributed by atoms with Gasteiger partial charge in [0.1, 0.15) is 0 Å².